The molecule has 0 spiro atoms. The van der Waals surface area contributed by atoms with Gasteiger partial charge in [0.15, 0.2) is 5.69 Å². The number of anilines is 1. The Labute approximate surface area is 200 Å². The quantitative estimate of drug-likeness (QED) is 0.259. The molecule has 9 nitrogen and oxygen atoms in total. The van der Waals surface area contributed by atoms with Crippen LogP contribution in [0.2, 0.25) is 0 Å². The van der Waals surface area contributed by atoms with Gasteiger partial charge in [-0.1, -0.05) is 0 Å². The van der Waals surface area contributed by atoms with Crippen molar-refractivity contribution >= 4 is 52.5 Å². The van der Waals surface area contributed by atoms with E-state index in [4.69, 9.17) is 0 Å². The van der Waals surface area contributed by atoms with E-state index in [-0.39, 0.29) is 41.7 Å². The maximum atomic E-state index is 12.9. The van der Waals surface area contributed by atoms with Crippen LogP contribution >= 0.6 is 0 Å². The molecule has 0 fully saturated rings. The number of ether oxygens (including phenoxy) is 1. The Balaban J connectivity index is 0.00000544. The Bertz CT molecular complexity index is 1030. The van der Waals surface area contributed by atoms with Crippen LogP contribution < -0.4 is 10.1 Å². The van der Waals surface area contributed by atoms with Gasteiger partial charge in [0.2, 0.25) is 0 Å². The number of rotatable bonds is 7. The van der Waals surface area contributed by atoms with Gasteiger partial charge in [-0.3, -0.25) is 25.0 Å². The van der Waals surface area contributed by atoms with Crippen LogP contribution in [0, 0.1) is 20.2 Å². The van der Waals surface area contributed by atoms with Crippen LogP contribution in [0.5, 0.6) is 5.75 Å². The number of nitro groups is 2. The molecule has 1 amide bonds. The standard InChI is InChI=1S/C16H8F7N3O6.Na/c17-14(18)16(22,23)32-9-3-1-7(2-4-9)13(27)24-12-10(25(28)29)5-8(15(19,20)21)6-11(12)26(30)31;/h1-6,14H,(H,24,27);. The minimum absolute atomic E-state index is 0. The summed E-state index contributed by atoms with van der Waals surface area (Å²) in [6, 6.07) is 2.75. The summed E-state index contributed by atoms with van der Waals surface area (Å²) in [5, 5.41) is 24.0. The molecule has 2 rings (SSSR count). The van der Waals surface area contributed by atoms with Crippen molar-refractivity contribution in [3.63, 3.8) is 0 Å². The third-order valence-electron chi connectivity index (χ3n) is 3.68. The Morgan fingerprint density at radius 1 is 0.939 bits per heavy atom. The number of alkyl halides is 7. The molecule has 17 heteroatoms. The Kier molecular flexibility index (Phi) is 8.76. The fraction of sp³-hybridized carbons (Fsp3) is 0.188. The molecule has 0 aromatic heterocycles. The molecule has 0 atom stereocenters. The zero-order chi connectivity index (χ0) is 24.4. The monoisotopic (exact) mass is 494 g/mol. The Morgan fingerprint density at radius 2 is 1.39 bits per heavy atom. The first-order valence-corrected chi connectivity index (χ1v) is 7.94. The van der Waals surface area contributed by atoms with Gasteiger partial charge in [0, 0.05) is 47.3 Å². The van der Waals surface area contributed by atoms with E-state index in [1.54, 1.807) is 5.32 Å². The Hall–Kier alpha value is -2.98. The molecule has 0 aliphatic heterocycles. The molecule has 0 unspecified atom stereocenters. The van der Waals surface area contributed by atoms with E-state index in [1.165, 1.54) is 0 Å². The molecule has 173 valence electrons. The summed E-state index contributed by atoms with van der Waals surface area (Å²) in [7, 11) is 0. The summed E-state index contributed by atoms with van der Waals surface area (Å²) in [5.74, 6) is -2.11. The van der Waals surface area contributed by atoms with Gasteiger partial charge in [-0.05, 0) is 24.3 Å². The number of hydrogen-bond acceptors (Lipinski definition) is 6. The topological polar surface area (TPSA) is 125 Å². The van der Waals surface area contributed by atoms with Crippen molar-refractivity contribution in [2.75, 3.05) is 5.32 Å². The van der Waals surface area contributed by atoms with Crippen molar-refractivity contribution in [3.05, 3.63) is 67.8 Å². The average Bonchev–Trinajstić information content (AvgIpc) is 2.66. The first kappa shape index (κ1) is 28.1. The summed E-state index contributed by atoms with van der Waals surface area (Å²) in [5.41, 5.74) is -6.22. The van der Waals surface area contributed by atoms with Gasteiger partial charge in [-0.25, -0.2) is 0 Å². The predicted molar refractivity (Wildman–Crippen MR) is 96.5 cm³/mol. The number of nitrogens with zero attached hydrogens (tertiary/aromatic N) is 2. The molecule has 0 aliphatic rings. The van der Waals surface area contributed by atoms with E-state index in [0.29, 0.717) is 12.1 Å². The smallest absolute Gasteiger partial charge is 0.428 e. The van der Waals surface area contributed by atoms with Gasteiger partial charge in [-0.2, -0.15) is 30.7 Å². The zero-order valence-corrected chi connectivity index (χ0v) is 18.0. The number of carbonyl (C=O) groups is 1. The van der Waals surface area contributed by atoms with Gasteiger partial charge in [0.05, 0.1) is 15.4 Å². The fourth-order valence-corrected chi connectivity index (χ4v) is 2.25. The number of nitrogens with one attached hydrogen (secondary N) is 1. The first-order valence-electron chi connectivity index (χ1n) is 7.94. The third kappa shape index (κ3) is 6.75. The maximum absolute atomic E-state index is 12.9. The van der Waals surface area contributed by atoms with Crippen LogP contribution in [-0.2, 0) is 6.18 Å². The second-order valence-corrected chi connectivity index (χ2v) is 5.84. The van der Waals surface area contributed by atoms with E-state index in [9.17, 15) is 55.8 Å². The molecule has 33 heavy (non-hydrogen) atoms. The van der Waals surface area contributed by atoms with E-state index in [0.717, 1.165) is 12.1 Å². The molecular formula is C16H8F7N3NaO6. The van der Waals surface area contributed by atoms with Crippen molar-refractivity contribution in [2.45, 2.75) is 18.7 Å². The van der Waals surface area contributed by atoms with Gasteiger partial charge >= 0.3 is 30.1 Å². The minimum Gasteiger partial charge on any atom is -0.428 e. The van der Waals surface area contributed by atoms with E-state index in [1.807, 2.05) is 0 Å². The second kappa shape index (κ2) is 10.3. The number of amides is 1. The fourth-order valence-electron chi connectivity index (χ4n) is 2.25. The number of hydrogen-bond donors (Lipinski definition) is 1. The summed E-state index contributed by atoms with van der Waals surface area (Å²) >= 11 is 0. The molecule has 2 aromatic carbocycles. The molecular weight excluding hydrogens is 486 g/mol. The van der Waals surface area contributed by atoms with Gasteiger partial charge in [0.25, 0.3) is 5.91 Å². The molecule has 1 N–H and O–H groups in total. The van der Waals surface area contributed by atoms with Crippen LogP contribution in [-0.4, -0.2) is 57.8 Å². The van der Waals surface area contributed by atoms with E-state index < -0.39 is 68.4 Å². The van der Waals surface area contributed by atoms with Gasteiger partial charge in [0.1, 0.15) is 5.75 Å². The molecule has 0 saturated carbocycles. The summed E-state index contributed by atoms with van der Waals surface area (Å²) in [4.78, 5) is 31.8. The van der Waals surface area contributed by atoms with Crippen molar-refractivity contribution < 1.29 is 50.1 Å². The largest absolute Gasteiger partial charge is 0.461 e. The van der Waals surface area contributed by atoms with Crippen molar-refractivity contribution in [3.8, 4) is 5.75 Å². The van der Waals surface area contributed by atoms with E-state index >= 15 is 0 Å². The van der Waals surface area contributed by atoms with Crippen LogP contribution in [0.1, 0.15) is 15.9 Å². The average molecular weight is 494 g/mol. The first-order chi connectivity index (χ1) is 14.6. The zero-order valence-electron chi connectivity index (χ0n) is 16.0. The molecule has 1 radical (unpaired) electrons. The number of carbonyl (C=O) groups excluding carboxylic acids is 1. The van der Waals surface area contributed by atoms with Gasteiger partial charge in [-0.15, -0.1) is 0 Å². The van der Waals surface area contributed by atoms with Crippen molar-refractivity contribution in [1.82, 2.24) is 0 Å². The predicted octanol–water partition coefficient (Wildman–Crippen LogP) is 4.63. The van der Waals surface area contributed by atoms with Crippen LogP contribution in [0.3, 0.4) is 0 Å². The van der Waals surface area contributed by atoms with E-state index in [2.05, 4.69) is 4.74 Å². The number of halogens is 7. The SMILES string of the molecule is O=C(Nc1c([N+](=O)[O-])cc(C(F)(F)F)cc1[N+](=O)[O-])c1ccc(OC(F)(F)C(F)F)cc1.[Na]. The molecule has 2 aromatic rings. The summed E-state index contributed by atoms with van der Waals surface area (Å²) in [6.45, 7) is 0. The van der Waals surface area contributed by atoms with Crippen molar-refractivity contribution in [1.29, 1.82) is 0 Å². The summed E-state index contributed by atoms with van der Waals surface area (Å²) in [6.07, 6.45) is -14.2. The number of nitro benzene ring substituents is 2. The summed E-state index contributed by atoms with van der Waals surface area (Å²) < 4.78 is 92.5. The van der Waals surface area contributed by atoms with Crippen LogP contribution in [0.15, 0.2) is 36.4 Å². The molecule has 0 aliphatic carbocycles. The van der Waals surface area contributed by atoms with Crippen molar-refractivity contribution in [2.24, 2.45) is 0 Å². The second-order valence-electron chi connectivity index (χ2n) is 5.84. The maximum Gasteiger partial charge on any atom is 0.461 e. The Morgan fingerprint density at radius 3 is 1.76 bits per heavy atom. The van der Waals surface area contributed by atoms with Crippen LogP contribution in [0.4, 0.5) is 47.8 Å². The molecule has 0 heterocycles. The normalized spacial score (nSPS) is 11.5. The van der Waals surface area contributed by atoms with Gasteiger partial charge < -0.3 is 10.1 Å². The third-order valence-corrected chi connectivity index (χ3v) is 3.68. The molecule has 0 bridgehead atoms. The van der Waals surface area contributed by atoms with Crippen LogP contribution in [0.25, 0.3) is 0 Å². The number of benzene rings is 2. The minimum atomic E-state index is -5.17. The molecule has 0 saturated heterocycles.